The Bertz CT molecular complexity index is 628. The van der Waals surface area contributed by atoms with E-state index in [0.29, 0.717) is 6.42 Å². The number of aliphatic hydroxyl groups is 2. The van der Waals surface area contributed by atoms with Crippen LogP contribution in [-0.4, -0.2) is 53.0 Å². The molecule has 31 heavy (non-hydrogen) atoms. The van der Waals surface area contributed by atoms with Crippen molar-refractivity contribution in [2.45, 2.75) is 109 Å². The maximum Gasteiger partial charge on any atom is 0.413 e. The van der Waals surface area contributed by atoms with Gasteiger partial charge in [-0.2, -0.15) is 16.8 Å². The minimum Gasteiger partial charge on any atom is -0.477 e. The highest BCUT2D eigenvalue weighted by Gasteiger charge is 2.31. The molecule has 13 heteroatoms. The lowest BCUT2D eigenvalue weighted by atomic mass is 10.0. The maximum absolute atomic E-state index is 10.5. The monoisotopic (exact) mass is 494 g/mol. The lowest BCUT2D eigenvalue weighted by Crippen LogP contribution is -2.37. The number of carbonyl (C=O) groups is 1. The highest BCUT2D eigenvalue weighted by molar-refractivity contribution is 7.94. The molecule has 0 bridgehead atoms. The molecule has 0 rings (SSSR count). The molecule has 0 radical (unpaired) electrons. The first kappa shape index (κ1) is 32.4. The first-order valence-corrected chi connectivity index (χ1v) is 13.3. The molecule has 0 unspecified atom stereocenters. The van der Waals surface area contributed by atoms with Crippen LogP contribution in [0.25, 0.3) is 0 Å². The van der Waals surface area contributed by atoms with Crippen LogP contribution in [0.4, 0.5) is 0 Å². The summed E-state index contributed by atoms with van der Waals surface area (Å²) >= 11 is 0. The summed E-state index contributed by atoms with van der Waals surface area (Å²) in [6.07, 6.45) is 17.0. The molecule has 0 aromatic heterocycles. The topological polar surface area (TPSA) is 196 Å². The van der Waals surface area contributed by atoms with Crippen LogP contribution >= 0.6 is 0 Å². The molecule has 0 aliphatic heterocycles. The van der Waals surface area contributed by atoms with Crippen molar-refractivity contribution in [1.82, 2.24) is 0 Å². The highest BCUT2D eigenvalue weighted by atomic mass is 32.3. The molecule has 0 atom stereocenters. The summed E-state index contributed by atoms with van der Waals surface area (Å²) in [7, 11) is -10.2. The number of hydrogen-bond donors (Lipinski definition) is 5. The Morgan fingerprint density at radius 1 is 0.677 bits per heavy atom. The molecule has 0 fully saturated rings. The van der Waals surface area contributed by atoms with Crippen LogP contribution in [-0.2, 0) is 29.2 Å². The number of aliphatic carboxylic acids is 1. The van der Waals surface area contributed by atoms with Gasteiger partial charge in [-0.25, -0.2) is 4.79 Å². The van der Waals surface area contributed by atoms with Gasteiger partial charge in [-0.1, -0.05) is 90.4 Å². The Hall–Kier alpha value is -0.830. The minimum atomic E-state index is -5.12. The van der Waals surface area contributed by atoms with Gasteiger partial charge < -0.3 is 15.3 Å². The quantitative estimate of drug-likeness (QED) is 0.106. The zero-order valence-corrected chi connectivity index (χ0v) is 19.7. The van der Waals surface area contributed by atoms with Crippen molar-refractivity contribution < 1.29 is 49.7 Å². The second kappa shape index (κ2) is 17.7. The fraction of sp³-hybridized carbons (Fsp3) is 0.944. The first-order valence-electron chi connectivity index (χ1n) is 10.6. The van der Waals surface area contributed by atoms with Gasteiger partial charge in [-0.15, -0.1) is 3.63 Å². The normalized spacial score (nSPS) is 12.3. The Kier molecular flexibility index (Phi) is 18.5. The van der Waals surface area contributed by atoms with E-state index in [1.54, 1.807) is 0 Å². The van der Waals surface area contributed by atoms with Gasteiger partial charge in [0, 0.05) is 6.42 Å². The van der Waals surface area contributed by atoms with Gasteiger partial charge >= 0.3 is 26.8 Å². The zero-order valence-electron chi connectivity index (χ0n) is 18.1. The molecule has 0 aliphatic rings. The second-order valence-electron chi connectivity index (χ2n) is 7.39. The van der Waals surface area contributed by atoms with Crippen molar-refractivity contribution >= 4 is 26.8 Å². The average molecular weight is 495 g/mol. The Morgan fingerprint density at radius 2 is 0.968 bits per heavy atom. The number of carboxylic acids is 1. The van der Waals surface area contributed by atoms with E-state index in [-0.39, 0.29) is 6.42 Å². The van der Waals surface area contributed by atoms with Crippen molar-refractivity contribution in [3.8, 4) is 0 Å². The Morgan fingerprint density at radius 3 is 1.19 bits per heavy atom. The van der Waals surface area contributed by atoms with E-state index >= 15 is 0 Å². The standard InChI is InChI=1S/C18H36O4.H2O7S2/c1-2-3-4-5-6-7-8-9-10-11-12-13-14-15-16-18(21,22)17(19)20;1-8(2,3)7-9(4,5)6/h21-22H,2-16H2,1H3,(H,19,20);(H,1,2,3)(H,4,5,6). The Labute approximate surface area is 185 Å². The molecule has 188 valence electrons. The molecule has 0 aromatic rings. The van der Waals surface area contributed by atoms with Gasteiger partial charge in [0.2, 0.25) is 0 Å². The van der Waals surface area contributed by atoms with E-state index in [1.165, 1.54) is 64.2 Å². The van der Waals surface area contributed by atoms with E-state index < -0.39 is 32.6 Å². The number of rotatable bonds is 18. The van der Waals surface area contributed by atoms with E-state index in [9.17, 15) is 21.6 Å². The summed E-state index contributed by atoms with van der Waals surface area (Å²) in [5.74, 6) is -4.10. The summed E-state index contributed by atoms with van der Waals surface area (Å²) in [5.41, 5.74) is 0. The smallest absolute Gasteiger partial charge is 0.413 e. The summed E-state index contributed by atoms with van der Waals surface area (Å²) in [6.45, 7) is 2.25. The van der Waals surface area contributed by atoms with Crippen molar-refractivity contribution in [3.63, 3.8) is 0 Å². The van der Waals surface area contributed by atoms with E-state index in [4.69, 9.17) is 24.4 Å². The number of hydrogen-bond acceptors (Lipinski definition) is 8. The zero-order chi connectivity index (χ0) is 24.4. The van der Waals surface area contributed by atoms with Crippen LogP contribution < -0.4 is 0 Å². The molecule has 0 amide bonds. The molecular weight excluding hydrogens is 456 g/mol. The fourth-order valence-corrected chi connectivity index (χ4v) is 3.65. The van der Waals surface area contributed by atoms with Crippen LogP contribution in [0.5, 0.6) is 0 Å². The van der Waals surface area contributed by atoms with Crippen LogP contribution in [0, 0.1) is 0 Å². The van der Waals surface area contributed by atoms with Gasteiger partial charge in [0.05, 0.1) is 0 Å². The summed E-state index contributed by atoms with van der Waals surface area (Å²) in [6, 6.07) is 0. The van der Waals surface area contributed by atoms with Crippen molar-refractivity contribution in [1.29, 1.82) is 0 Å². The molecular formula is C18H38O11S2. The third-order valence-electron chi connectivity index (χ3n) is 4.39. The van der Waals surface area contributed by atoms with Crippen LogP contribution in [0.15, 0.2) is 0 Å². The van der Waals surface area contributed by atoms with Crippen molar-refractivity contribution in [3.05, 3.63) is 0 Å². The Balaban J connectivity index is 0. The maximum atomic E-state index is 10.5. The summed E-state index contributed by atoms with van der Waals surface area (Å²) in [5, 5.41) is 26.8. The van der Waals surface area contributed by atoms with Gasteiger partial charge in [-0.3, -0.25) is 9.11 Å². The van der Waals surface area contributed by atoms with Crippen molar-refractivity contribution in [2.75, 3.05) is 0 Å². The fourth-order valence-electron chi connectivity index (χ4n) is 2.78. The molecule has 5 N–H and O–H groups in total. The predicted octanol–water partition coefficient (Wildman–Crippen LogP) is 3.23. The van der Waals surface area contributed by atoms with Crippen molar-refractivity contribution in [2.24, 2.45) is 0 Å². The predicted molar refractivity (Wildman–Crippen MR) is 114 cm³/mol. The molecule has 11 nitrogen and oxygen atoms in total. The first-order chi connectivity index (χ1) is 14.2. The van der Waals surface area contributed by atoms with E-state index in [1.807, 2.05) is 0 Å². The summed E-state index contributed by atoms with van der Waals surface area (Å²) in [4.78, 5) is 10.5. The van der Waals surface area contributed by atoms with Gasteiger partial charge in [0.25, 0.3) is 5.79 Å². The van der Waals surface area contributed by atoms with Crippen LogP contribution in [0.1, 0.15) is 103 Å². The molecule has 0 aliphatic carbocycles. The molecule has 0 saturated heterocycles. The average Bonchev–Trinajstić information content (AvgIpc) is 2.59. The lowest BCUT2D eigenvalue weighted by Gasteiger charge is -2.15. The van der Waals surface area contributed by atoms with Gasteiger partial charge in [-0.05, 0) is 6.42 Å². The van der Waals surface area contributed by atoms with Gasteiger partial charge in [0.1, 0.15) is 0 Å². The lowest BCUT2D eigenvalue weighted by molar-refractivity contribution is -0.205. The van der Waals surface area contributed by atoms with E-state index in [2.05, 4.69) is 10.6 Å². The largest absolute Gasteiger partial charge is 0.477 e. The SMILES string of the molecule is CCCCCCCCCCCCCCCCC(O)(O)C(=O)O.O=S(=O)(O)OS(=O)(=O)O. The number of unbranched alkanes of at least 4 members (excludes halogenated alkanes) is 13. The third-order valence-corrected chi connectivity index (χ3v) is 5.77. The van der Waals surface area contributed by atoms with Gasteiger partial charge in [0.15, 0.2) is 0 Å². The number of carboxylic acid groups (broad SMARTS) is 1. The highest BCUT2D eigenvalue weighted by Crippen LogP contribution is 2.16. The second-order valence-corrected chi connectivity index (χ2v) is 9.65. The minimum absolute atomic E-state index is 0.0830. The third kappa shape index (κ3) is 27.1. The molecule has 0 heterocycles. The molecule has 0 saturated carbocycles. The summed E-state index contributed by atoms with van der Waals surface area (Å²) < 4.78 is 55.6. The van der Waals surface area contributed by atoms with Crippen LogP contribution in [0.2, 0.25) is 0 Å². The molecule has 0 aromatic carbocycles. The van der Waals surface area contributed by atoms with E-state index in [0.717, 1.165) is 19.3 Å². The van der Waals surface area contributed by atoms with Crippen LogP contribution in [0.3, 0.4) is 0 Å². The molecule has 0 spiro atoms.